The van der Waals surface area contributed by atoms with Crippen LogP contribution in [-0.2, 0) is 20.8 Å². The van der Waals surface area contributed by atoms with E-state index < -0.39 is 0 Å². The molecule has 2 aliphatic heterocycles. The maximum Gasteiger partial charge on any atom is 0.313 e. The Kier molecular flexibility index (Phi) is 6.12. The van der Waals surface area contributed by atoms with Gasteiger partial charge in [-0.05, 0) is 62.2 Å². The SMILES string of the molecule is CCOC(=O)[C@@]12CC[C@H](N3CCOCC3)C[C@H]1CCN(Cc1cnsc1)C2. The summed E-state index contributed by atoms with van der Waals surface area (Å²) in [6.07, 6.45) is 6.17. The first-order chi connectivity index (χ1) is 13.2. The van der Waals surface area contributed by atoms with Crippen molar-refractivity contribution in [2.45, 2.75) is 45.2 Å². The van der Waals surface area contributed by atoms with Crippen LogP contribution in [0.25, 0.3) is 0 Å². The molecule has 27 heavy (non-hydrogen) atoms. The second-order valence-electron chi connectivity index (χ2n) is 8.18. The molecule has 3 atom stereocenters. The van der Waals surface area contributed by atoms with Gasteiger partial charge in [0.05, 0.1) is 25.2 Å². The molecule has 7 heteroatoms. The van der Waals surface area contributed by atoms with Crippen molar-refractivity contribution in [1.29, 1.82) is 0 Å². The van der Waals surface area contributed by atoms with Crippen LogP contribution in [0.15, 0.2) is 11.6 Å². The number of likely N-dealkylation sites (tertiary alicyclic amines) is 1. The number of ether oxygens (including phenoxy) is 2. The summed E-state index contributed by atoms with van der Waals surface area (Å²) in [6, 6.07) is 0.592. The average Bonchev–Trinajstić information content (AvgIpc) is 3.21. The Hall–Kier alpha value is -1.02. The van der Waals surface area contributed by atoms with Gasteiger partial charge in [0.1, 0.15) is 0 Å². The van der Waals surface area contributed by atoms with Crippen LogP contribution >= 0.6 is 11.5 Å². The van der Waals surface area contributed by atoms with E-state index in [-0.39, 0.29) is 11.4 Å². The summed E-state index contributed by atoms with van der Waals surface area (Å²) >= 11 is 1.50. The zero-order valence-corrected chi connectivity index (χ0v) is 17.1. The molecule has 0 bridgehead atoms. The lowest BCUT2D eigenvalue weighted by molar-refractivity contribution is -0.170. The standard InChI is InChI=1S/C20H31N3O3S/c1-2-26-19(24)20-5-3-18(23-7-9-25-10-8-23)11-17(20)4-6-22(15-20)13-16-12-21-27-14-16/h12,14,17-18H,2-11,13,15H2,1H3/t17-,18+,20-/m1/s1. The fraction of sp³-hybridized carbons (Fsp3) is 0.800. The molecule has 0 N–H and O–H groups in total. The van der Waals surface area contributed by atoms with Crippen LogP contribution in [0.5, 0.6) is 0 Å². The van der Waals surface area contributed by atoms with Crippen molar-refractivity contribution < 1.29 is 14.3 Å². The number of fused-ring (bicyclic) bond motifs is 1. The lowest BCUT2D eigenvalue weighted by atomic mass is 9.61. The maximum atomic E-state index is 13.1. The van der Waals surface area contributed by atoms with E-state index in [0.29, 0.717) is 18.6 Å². The van der Waals surface area contributed by atoms with E-state index in [1.807, 2.05) is 13.1 Å². The monoisotopic (exact) mass is 393 g/mol. The van der Waals surface area contributed by atoms with Crippen LogP contribution in [0, 0.1) is 11.3 Å². The van der Waals surface area contributed by atoms with Crippen LogP contribution in [0.2, 0.25) is 0 Å². The zero-order valence-electron chi connectivity index (χ0n) is 16.3. The van der Waals surface area contributed by atoms with Crippen LogP contribution in [-0.4, -0.2) is 72.2 Å². The Morgan fingerprint density at radius 3 is 2.96 bits per heavy atom. The van der Waals surface area contributed by atoms with Crippen molar-refractivity contribution in [2.75, 3.05) is 46.0 Å². The highest BCUT2D eigenvalue weighted by Gasteiger charge is 2.53. The fourth-order valence-corrected chi connectivity index (χ4v) is 5.83. The molecule has 3 heterocycles. The zero-order chi connectivity index (χ0) is 18.7. The molecular formula is C20H31N3O3S. The van der Waals surface area contributed by atoms with Crippen molar-refractivity contribution in [3.8, 4) is 0 Å². The minimum Gasteiger partial charge on any atom is -0.466 e. The summed E-state index contributed by atoms with van der Waals surface area (Å²) in [4.78, 5) is 18.1. The predicted octanol–water partition coefficient (Wildman–Crippen LogP) is 2.40. The Balaban J connectivity index is 1.48. The van der Waals surface area contributed by atoms with Crippen molar-refractivity contribution in [3.63, 3.8) is 0 Å². The van der Waals surface area contributed by atoms with Gasteiger partial charge in [0, 0.05) is 43.8 Å². The first-order valence-corrected chi connectivity index (χ1v) is 11.1. The van der Waals surface area contributed by atoms with Crippen LogP contribution in [0.1, 0.15) is 38.2 Å². The highest BCUT2D eigenvalue weighted by atomic mass is 32.1. The minimum atomic E-state index is -0.333. The maximum absolute atomic E-state index is 13.1. The molecule has 0 spiro atoms. The van der Waals surface area contributed by atoms with Gasteiger partial charge in [0.2, 0.25) is 0 Å². The highest BCUT2D eigenvalue weighted by Crippen LogP contribution is 2.48. The predicted molar refractivity (Wildman–Crippen MR) is 105 cm³/mol. The molecule has 3 fully saturated rings. The molecule has 1 saturated carbocycles. The molecular weight excluding hydrogens is 362 g/mol. The van der Waals surface area contributed by atoms with Crippen molar-refractivity contribution >= 4 is 17.5 Å². The van der Waals surface area contributed by atoms with Crippen LogP contribution in [0.4, 0.5) is 0 Å². The number of piperidine rings is 1. The molecule has 150 valence electrons. The van der Waals surface area contributed by atoms with Crippen molar-refractivity contribution in [3.05, 3.63) is 17.1 Å². The number of aromatic nitrogens is 1. The summed E-state index contributed by atoms with van der Waals surface area (Å²) < 4.78 is 15.3. The number of carbonyl (C=O) groups excluding carboxylic acids is 1. The quantitative estimate of drug-likeness (QED) is 0.716. The molecule has 1 aromatic rings. The van der Waals surface area contributed by atoms with Gasteiger partial charge in [-0.1, -0.05) is 0 Å². The average molecular weight is 394 g/mol. The Morgan fingerprint density at radius 2 is 2.22 bits per heavy atom. The Labute approximate surface area is 166 Å². The molecule has 6 nitrogen and oxygen atoms in total. The smallest absolute Gasteiger partial charge is 0.313 e. The lowest BCUT2D eigenvalue weighted by Gasteiger charge is -2.52. The summed E-state index contributed by atoms with van der Waals surface area (Å²) in [5.41, 5.74) is 0.917. The largest absolute Gasteiger partial charge is 0.466 e. The molecule has 1 aromatic heterocycles. The second-order valence-corrected chi connectivity index (χ2v) is 8.84. The lowest BCUT2D eigenvalue weighted by Crippen LogP contribution is -2.58. The van der Waals surface area contributed by atoms with E-state index in [1.165, 1.54) is 17.1 Å². The summed E-state index contributed by atoms with van der Waals surface area (Å²) in [6.45, 7) is 8.88. The second kappa shape index (κ2) is 8.55. The number of hydrogen-bond donors (Lipinski definition) is 0. The molecule has 0 radical (unpaired) electrons. The van der Waals surface area contributed by atoms with E-state index in [9.17, 15) is 4.79 Å². The van der Waals surface area contributed by atoms with Gasteiger partial charge in [0.25, 0.3) is 0 Å². The van der Waals surface area contributed by atoms with E-state index in [4.69, 9.17) is 9.47 Å². The molecule has 4 rings (SSSR count). The van der Waals surface area contributed by atoms with Crippen molar-refractivity contribution in [1.82, 2.24) is 14.2 Å². The normalized spacial score (nSPS) is 32.8. The van der Waals surface area contributed by atoms with Crippen molar-refractivity contribution in [2.24, 2.45) is 11.3 Å². The van der Waals surface area contributed by atoms with E-state index >= 15 is 0 Å². The van der Waals surface area contributed by atoms with E-state index in [1.54, 1.807) is 0 Å². The number of rotatable bonds is 5. The minimum absolute atomic E-state index is 0.0311. The van der Waals surface area contributed by atoms with Gasteiger partial charge in [0.15, 0.2) is 0 Å². The topological polar surface area (TPSA) is 54.9 Å². The third-order valence-corrected chi connectivity index (χ3v) is 7.33. The molecule has 0 aromatic carbocycles. The third-order valence-electron chi connectivity index (χ3n) is 6.69. The number of nitrogens with zero attached hydrogens (tertiary/aromatic N) is 3. The molecule has 0 unspecified atom stereocenters. The third kappa shape index (κ3) is 4.06. The summed E-state index contributed by atoms with van der Waals surface area (Å²) in [5, 5.41) is 2.11. The van der Waals surface area contributed by atoms with Gasteiger partial charge in [-0.25, -0.2) is 4.37 Å². The van der Waals surface area contributed by atoms with Gasteiger partial charge >= 0.3 is 5.97 Å². The van der Waals surface area contributed by atoms with Crippen LogP contribution in [0.3, 0.4) is 0 Å². The highest BCUT2D eigenvalue weighted by molar-refractivity contribution is 7.03. The molecule has 3 aliphatic rings. The fourth-order valence-electron chi connectivity index (χ4n) is 5.30. The van der Waals surface area contributed by atoms with Gasteiger partial charge in [-0.15, -0.1) is 0 Å². The Bertz CT molecular complexity index is 620. The van der Waals surface area contributed by atoms with Gasteiger partial charge < -0.3 is 9.47 Å². The summed E-state index contributed by atoms with van der Waals surface area (Å²) in [5.74, 6) is 0.457. The Morgan fingerprint density at radius 1 is 1.37 bits per heavy atom. The molecule has 2 saturated heterocycles. The van der Waals surface area contributed by atoms with E-state index in [2.05, 4.69) is 19.6 Å². The first kappa shape index (κ1) is 19.3. The number of carbonyl (C=O) groups is 1. The number of hydrogen-bond acceptors (Lipinski definition) is 7. The van der Waals surface area contributed by atoms with Gasteiger partial charge in [-0.3, -0.25) is 14.6 Å². The van der Waals surface area contributed by atoms with E-state index in [0.717, 1.165) is 71.6 Å². The first-order valence-electron chi connectivity index (χ1n) is 10.3. The summed E-state index contributed by atoms with van der Waals surface area (Å²) in [7, 11) is 0. The van der Waals surface area contributed by atoms with Gasteiger partial charge in [-0.2, -0.15) is 0 Å². The number of morpholine rings is 1. The molecule has 1 aliphatic carbocycles. The number of esters is 1. The molecule has 0 amide bonds. The van der Waals surface area contributed by atoms with Crippen LogP contribution < -0.4 is 0 Å².